The number of hydrogen-bond acceptors (Lipinski definition) is 3. The van der Waals surface area contributed by atoms with E-state index < -0.39 is 0 Å². The van der Waals surface area contributed by atoms with Crippen molar-refractivity contribution in [2.75, 3.05) is 6.61 Å². The highest BCUT2D eigenvalue weighted by Crippen LogP contribution is 2.61. The fourth-order valence-electron chi connectivity index (χ4n) is 6.11. The Morgan fingerprint density at radius 3 is 2.78 bits per heavy atom. The molecular formula is C20H28O3. The van der Waals surface area contributed by atoms with Crippen LogP contribution in [0.15, 0.2) is 12.1 Å². The predicted molar refractivity (Wildman–Crippen MR) is 89.5 cm³/mol. The molecule has 5 atom stereocenters. The summed E-state index contributed by atoms with van der Waals surface area (Å²) in [6.45, 7) is 2.43. The van der Waals surface area contributed by atoms with Crippen LogP contribution in [0.2, 0.25) is 0 Å². The molecule has 0 amide bonds. The summed E-state index contributed by atoms with van der Waals surface area (Å²) in [5.41, 5.74) is 3.94. The van der Waals surface area contributed by atoms with Crippen molar-refractivity contribution < 1.29 is 15.3 Å². The molecule has 0 unspecified atom stereocenters. The summed E-state index contributed by atoms with van der Waals surface area (Å²) in [4.78, 5) is 0. The van der Waals surface area contributed by atoms with Gasteiger partial charge in [-0.05, 0) is 96.9 Å². The minimum Gasteiger partial charge on any atom is -0.508 e. The van der Waals surface area contributed by atoms with E-state index in [2.05, 4.69) is 6.92 Å². The van der Waals surface area contributed by atoms with Crippen LogP contribution in [0.3, 0.4) is 0 Å². The van der Waals surface area contributed by atoms with E-state index in [1.807, 2.05) is 12.1 Å². The van der Waals surface area contributed by atoms with Gasteiger partial charge < -0.3 is 15.3 Å². The number of benzene rings is 1. The van der Waals surface area contributed by atoms with Gasteiger partial charge in [0.2, 0.25) is 0 Å². The third-order valence-electron chi connectivity index (χ3n) is 7.22. The largest absolute Gasteiger partial charge is 0.508 e. The molecule has 0 heterocycles. The van der Waals surface area contributed by atoms with Crippen LogP contribution in [-0.2, 0) is 12.8 Å². The predicted octanol–water partition coefficient (Wildman–Crippen LogP) is 3.14. The highest BCUT2D eigenvalue weighted by Gasteiger charge is 2.54. The van der Waals surface area contributed by atoms with E-state index in [9.17, 15) is 15.3 Å². The van der Waals surface area contributed by atoms with E-state index >= 15 is 0 Å². The Morgan fingerprint density at radius 1 is 1.17 bits per heavy atom. The molecule has 126 valence electrons. The lowest BCUT2D eigenvalue weighted by Crippen LogP contribution is -2.44. The molecule has 4 rings (SSSR count). The lowest BCUT2D eigenvalue weighted by Gasteiger charge is -2.50. The number of aliphatic hydroxyl groups excluding tert-OH is 2. The molecule has 2 saturated carbocycles. The van der Waals surface area contributed by atoms with Crippen molar-refractivity contribution in [2.45, 2.75) is 63.9 Å². The SMILES string of the molecule is C[C@]12CC[C@@H]3c4c(CCO)cc(O)cc4CC[C@H]3[C@@H]1CC[C@H]2O. The molecule has 0 aliphatic heterocycles. The molecule has 3 aliphatic rings. The number of aryl methyl sites for hydroxylation is 1. The van der Waals surface area contributed by atoms with Crippen molar-refractivity contribution in [2.24, 2.45) is 17.3 Å². The van der Waals surface area contributed by atoms with Gasteiger partial charge in [0.05, 0.1) is 6.10 Å². The molecule has 2 fully saturated rings. The number of phenolic OH excluding ortho intramolecular Hbond substituents is 1. The van der Waals surface area contributed by atoms with Gasteiger partial charge >= 0.3 is 0 Å². The summed E-state index contributed by atoms with van der Waals surface area (Å²) in [6, 6.07) is 3.79. The fraction of sp³-hybridized carbons (Fsp3) is 0.700. The van der Waals surface area contributed by atoms with Crippen LogP contribution in [-0.4, -0.2) is 28.0 Å². The Balaban J connectivity index is 1.74. The van der Waals surface area contributed by atoms with Crippen LogP contribution >= 0.6 is 0 Å². The van der Waals surface area contributed by atoms with Gasteiger partial charge in [-0.2, -0.15) is 0 Å². The van der Waals surface area contributed by atoms with Crippen LogP contribution in [0.1, 0.15) is 61.6 Å². The van der Waals surface area contributed by atoms with Gasteiger partial charge in [0, 0.05) is 6.61 Å². The van der Waals surface area contributed by atoms with Gasteiger partial charge in [-0.1, -0.05) is 6.92 Å². The smallest absolute Gasteiger partial charge is 0.116 e. The number of fused-ring (bicyclic) bond motifs is 5. The third kappa shape index (κ3) is 2.24. The minimum atomic E-state index is -0.133. The Bertz CT molecular complexity index is 611. The maximum atomic E-state index is 10.5. The summed E-state index contributed by atoms with van der Waals surface area (Å²) in [6.07, 6.45) is 7.02. The Kier molecular flexibility index (Phi) is 3.69. The first-order chi connectivity index (χ1) is 11.0. The molecular weight excluding hydrogens is 288 g/mol. The molecule has 3 aliphatic carbocycles. The fourth-order valence-corrected chi connectivity index (χ4v) is 6.11. The first kappa shape index (κ1) is 15.5. The molecule has 0 spiro atoms. The van der Waals surface area contributed by atoms with Crippen molar-refractivity contribution in [3.8, 4) is 5.75 Å². The van der Waals surface area contributed by atoms with Crippen LogP contribution in [0.5, 0.6) is 5.75 Å². The summed E-state index contributed by atoms with van der Waals surface area (Å²) < 4.78 is 0. The molecule has 1 aromatic carbocycles. The second-order valence-electron chi connectivity index (χ2n) is 8.20. The second kappa shape index (κ2) is 5.49. The normalized spacial score (nSPS) is 38.7. The first-order valence-electron chi connectivity index (χ1n) is 9.18. The van der Waals surface area contributed by atoms with Crippen molar-refractivity contribution in [3.63, 3.8) is 0 Å². The zero-order valence-electron chi connectivity index (χ0n) is 14.0. The van der Waals surface area contributed by atoms with Crippen LogP contribution in [0, 0.1) is 17.3 Å². The van der Waals surface area contributed by atoms with E-state index in [0.717, 1.165) is 37.7 Å². The molecule has 0 aromatic heterocycles. The molecule has 3 N–H and O–H groups in total. The lowest BCUT2D eigenvalue weighted by molar-refractivity contribution is -0.0227. The van der Waals surface area contributed by atoms with Crippen LogP contribution in [0.25, 0.3) is 0 Å². The molecule has 1 aromatic rings. The van der Waals surface area contributed by atoms with Gasteiger partial charge in [0.25, 0.3) is 0 Å². The maximum absolute atomic E-state index is 10.5. The van der Waals surface area contributed by atoms with Gasteiger partial charge in [-0.25, -0.2) is 0 Å². The van der Waals surface area contributed by atoms with Crippen molar-refractivity contribution in [1.29, 1.82) is 0 Å². The molecule has 23 heavy (non-hydrogen) atoms. The summed E-state index contributed by atoms with van der Waals surface area (Å²) in [5.74, 6) is 2.16. The highest BCUT2D eigenvalue weighted by molar-refractivity contribution is 5.46. The Morgan fingerprint density at radius 2 is 2.00 bits per heavy atom. The van der Waals surface area contributed by atoms with Gasteiger partial charge in [-0.3, -0.25) is 0 Å². The van der Waals surface area contributed by atoms with E-state index in [0.29, 0.717) is 29.9 Å². The highest BCUT2D eigenvalue weighted by atomic mass is 16.3. The summed E-state index contributed by atoms with van der Waals surface area (Å²) in [5, 5.41) is 29.9. The maximum Gasteiger partial charge on any atom is 0.116 e. The Labute approximate surface area is 138 Å². The number of rotatable bonds is 2. The molecule has 3 heteroatoms. The average molecular weight is 316 g/mol. The molecule has 0 radical (unpaired) electrons. The van der Waals surface area contributed by atoms with E-state index in [4.69, 9.17) is 0 Å². The molecule has 3 nitrogen and oxygen atoms in total. The van der Waals surface area contributed by atoms with Crippen LogP contribution < -0.4 is 0 Å². The summed E-state index contributed by atoms with van der Waals surface area (Å²) >= 11 is 0. The zero-order chi connectivity index (χ0) is 16.2. The first-order valence-corrected chi connectivity index (χ1v) is 9.18. The molecule has 0 saturated heterocycles. The van der Waals surface area contributed by atoms with E-state index in [-0.39, 0.29) is 18.1 Å². The average Bonchev–Trinajstić information content (AvgIpc) is 2.82. The monoisotopic (exact) mass is 316 g/mol. The lowest BCUT2D eigenvalue weighted by atomic mass is 9.55. The third-order valence-corrected chi connectivity index (χ3v) is 7.22. The number of aromatic hydroxyl groups is 1. The van der Waals surface area contributed by atoms with Crippen molar-refractivity contribution >= 4 is 0 Å². The second-order valence-corrected chi connectivity index (χ2v) is 8.20. The summed E-state index contributed by atoms with van der Waals surface area (Å²) in [7, 11) is 0. The molecule has 0 bridgehead atoms. The standard InChI is InChI=1S/C20H28O3/c1-20-8-6-16-15(17(20)4-5-18(20)23)3-2-12-10-14(22)11-13(7-9-21)19(12)16/h10-11,15-18,21-23H,2-9H2,1H3/t15-,16+,17+,18-,20+/m1/s1. The van der Waals surface area contributed by atoms with E-state index in [1.54, 1.807) is 0 Å². The minimum absolute atomic E-state index is 0.104. The van der Waals surface area contributed by atoms with Gasteiger partial charge in [0.1, 0.15) is 5.75 Å². The van der Waals surface area contributed by atoms with Crippen molar-refractivity contribution in [1.82, 2.24) is 0 Å². The zero-order valence-corrected chi connectivity index (χ0v) is 14.0. The van der Waals surface area contributed by atoms with Crippen LogP contribution in [0.4, 0.5) is 0 Å². The van der Waals surface area contributed by atoms with Gasteiger partial charge in [0.15, 0.2) is 0 Å². The quantitative estimate of drug-likeness (QED) is 0.785. The number of hydrogen-bond donors (Lipinski definition) is 3. The van der Waals surface area contributed by atoms with Crippen molar-refractivity contribution in [3.05, 3.63) is 28.8 Å². The number of aliphatic hydroxyl groups is 2. The number of phenols is 1. The van der Waals surface area contributed by atoms with Gasteiger partial charge in [-0.15, -0.1) is 0 Å². The topological polar surface area (TPSA) is 60.7 Å². The Hall–Kier alpha value is -1.06. The van der Waals surface area contributed by atoms with E-state index in [1.165, 1.54) is 17.5 Å².